The van der Waals surface area contributed by atoms with Crippen LogP contribution in [0, 0.1) is 0 Å². The lowest BCUT2D eigenvalue weighted by Crippen LogP contribution is -2.52. The van der Waals surface area contributed by atoms with E-state index in [1.165, 1.54) is 17.3 Å². The summed E-state index contributed by atoms with van der Waals surface area (Å²) >= 11 is 0. The summed E-state index contributed by atoms with van der Waals surface area (Å²) < 4.78 is 4.97. The normalized spacial score (nSPS) is 18.0. The molecule has 9 heteroatoms. The highest BCUT2D eigenvalue weighted by Crippen LogP contribution is 2.20. The van der Waals surface area contributed by atoms with Gasteiger partial charge < -0.3 is 9.64 Å². The topological polar surface area (TPSA) is 95.9 Å². The van der Waals surface area contributed by atoms with Gasteiger partial charge in [-0.3, -0.25) is 19.4 Å². The number of carbonyl (C=O) groups excluding carboxylic acids is 3. The first-order chi connectivity index (χ1) is 16.5. The molecule has 2 aliphatic rings. The Kier molecular flexibility index (Phi) is 7.64. The largest absolute Gasteiger partial charge is 0.462 e. The summed E-state index contributed by atoms with van der Waals surface area (Å²) in [5.74, 6) is -0.0829. The van der Waals surface area contributed by atoms with E-state index in [-0.39, 0.29) is 30.7 Å². The predicted octanol–water partition coefficient (Wildman–Crippen LogP) is 2.01. The Labute approximate surface area is 199 Å². The van der Waals surface area contributed by atoms with E-state index in [9.17, 15) is 14.4 Å². The summed E-state index contributed by atoms with van der Waals surface area (Å²) in [6.45, 7) is 5.54. The summed E-state index contributed by atoms with van der Waals surface area (Å²) in [4.78, 5) is 51.0. The van der Waals surface area contributed by atoms with Gasteiger partial charge in [0.05, 0.1) is 18.2 Å². The number of rotatable bonds is 8. The minimum atomic E-state index is -0.431. The maximum absolute atomic E-state index is 12.4. The Morgan fingerprint density at radius 2 is 1.68 bits per heavy atom. The Bertz CT molecular complexity index is 1020. The molecule has 4 rings (SSSR count). The van der Waals surface area contributed by atoms with Gasteiger partial charge in [-0.05, 0) is 12.5 Å². The molecule has 2 aliphatic heterocycles. The second-order valence-corrected chi connectivity index (χ2v) is 8.27. The molecule has 2 saturated heterocycles. The molecule has 2 fully saturated rings. The molecule has 0 saturated carbocycles. The third-order valence-corrected chi connectivity index (χ3v) is 5.98. The molecule has 0 N–H and O–H groups in total. The maximum atomic E-state index is 12.4. The van der Waals surface area contributed by atoms with Crippen molar-refractivity contribution in [3.05, 3.63) is 59.9 Å². The van der Waals surface area contributed by atoms with Crippen molar-refractivity contribution < 1.29 is 19.1 Å². The number of hydrogen-bond acceptors (Lipinski definition) is 8. The molecule has 34 heavy (non-hydrogen) atoms. The Balaban J connectivity index is 1.39. The summed E-state index contributed by atoms with van der Waals surface area (Å²) in [7, 11) is 0. The fraction of sp³-hybridized carbons (Fsp3) is 0.400. The van der Waals surface area contributed by atoms with Crippen LogP contribution in [0.25, 0.3) is 6.08 Å². The van der Waals surface area contributed by atoms with Crippen LogP contribution in [0.1, 0.15) is 35.7 Å². The lowest BCUT2D eigenvalue weighted by atomic mass is 10.1. The first kappa shape index (κ1) is 23.6. The van der Waals surface area contributed by atoms with Crippen LogP contribution >= 0.6 is 0 Å². The van der Waals surface area contributed by atoms with Crippen LogP contribution in [0.5, 0.6) is 0 Å². The number of piperazine rings is 1. The first-order valence-electron chi connectivity index (χ1n) is 11.6. The highest BCUT2D eigenvalue weighted by molar-refractivity contribution is 6.02. The Morgan fingerprint density at radius 1 is 1.03 bits per heavy atom. The molecule has 1 unspecified atom stereocenters. The van der Waals surface area contributed by atoms with Gasteiger partial charge in [-0.2, -0.15) is 0 Å². The molecule has 0 bridgehead atoms. The number of hydrogen-bond donors (Lipinski definition) is 0. The van der Waals surface area contributed by atoms with Gasteiger partial charge in [0.15, 0.2) is 0 Å². The molecule has 9 nitrogen and oxygen atoms in total. The number of likely N-dealkylation sites (tertiary alicyclic amines) is 1. The molecule has 0 aliphatic carbocycles. The van der Waals surface area contributed by atoms with Crippen LogP contribution in [0.3, 0.4) is 0 Å². The van der Waals surface area contributed by atoms with Gasteiger partial charge in [0.2, 0.25) is 17.8 Å². The van der Waals surface area contributed by atoms with Crippen molar-refractivity contribution >= 4 is 29.8 Å². The van der Waals surface area contributed by atoms with Crippen molar-refractivity contribution in [1.29, 1.82) is 0 Å². The minimum absolute atomic E-state index is 0.110. The second kappa shape index (κ2) is 11.0. The molecule has 0 radical (unpaired) electrons. The molecule has 1 aromatic carbocycles. The molecule has 178 valence electrons. The SMILES string of the molecule is CCOC(=O)c1cnc(N2CCN(CC(/C=C/c3ccccc3)N3C(=O)CCC3=O)CC2)nc1. The van der Waals surface area contributed by atoms with Crippen LogP contribution in [-0.2, 0) is 14.3 Å². The quantitative estimate of drug-likeness (QED) is 0.433. The van der Waals surface area contributed by atoms with E-state index in [4.69, 9.17) is 4.74 Å². The second-order valence-electron chi connectivity index (χ2n) is 8.27. The molecule has 1 atom stereocenters. The zero-order chi connectivity index (χ0) is 23.9. The third-order valence-electron chi connectivity index (χ3n) is 5.98. The van der Waals surface area contributed by atoms with Crippen molar-refractivity contribution in [2.45, 2.75) is 25.8 Å². The zero-order valence-corrected chi connectivity index (χ0v) is 19.3. The Morgan fingerprint density at radius 3 is 2.29 bits per heavy atom. The monoisotopic (exact) mass is 463 g/mol. The molecule has 0 spiro atoms. The van der Waals surface area contributed by atoms with Crippen molar-refractivity contribution in [2.75, 3.05) is 44.2 Å². The fourth-order valence-electron chi connectivity index (χ4n) is 4.18. The van der Waals surface area contributed by atoms with Gasteiger partial charge >= 0.3 is 5.97 Å². The summed E-state index contributed by atoms with van der Waals surface area (Å²) in [5, 5.41) is 0. The van der Waals surface area contributed by atoms with E-state index >= 15 is 0 Å². The van der Waals surface area contributed by atoms with E-state index in [2.05, 4.69) is 19.8 Å². The first-order valence-corrected chi connectivity index (χ1v) is 11.6. The molecule has 3 heterocycles. The minimum Gasteiger partial charge on any atom is -0.462 e. The van der Waals surface area contributed by atoms with Crippen molar-refractivity contribution in [1.82, 2.24) is 19.8 Å². The Hall–Kier alpha value is -3.59. The average molecular weight is 464 g/mol. The maximum Gasteiger partial charge on any atom is 0.341 e. The van der Waals surface area contributed by atoms with Gasteiger partial charge in [0.1, 0.15) is 0 Å². The summed E-state index contributed by atoms with van der Waals surface area (Å²) in [6, 6.07) is 9.55. The lowest BCUT2D eigenvalue weighted by molar-refractivity contribution is -0.140. The number of benzene rings is 1. The number of nitrogens with zero attached hydrogens (tertiary/aromatic N) is 5. The van der Waals surface area contributed by atoms with Crippen molar-refractivity contribution in [2.24, 2.45) is 0 Å². The van der Waals surface area contributed by atoms with Crippen LogP contribution in [0.15, 0.2) is 48.8 Å². The van der Waals surface area contributed by atoms with Gasteiger partial charge in [0, 0.05) is 58.0 Å². The van der Waals surface area contributed by atoms with Gasteiger partial charge in [0.25, 0.3) is 0 Å². The van der Waals surface area contributed by atoms with Gasteiger partial charge in [-0.25, -0.2) is 14.8 Å². The standard InChI is InChI=1S/C25H29N5O4/c1-2-34-24(33)20-16-26-25(27-17-20)29-14-12-28(13-15-29)18-21(30-22(31)10-11-23(30)32)9-8-19-6-4-3-5-7-19/h3-9,16-17,21H,2,10-15,18H2,1H3/b9-8+. The average Bonchev–Trinajstić information content (AvgIpc) is 3.21. The van der Waals surface area contributed by atoms with Crippen LogP contribution in [0.2, 0.25) is 0 Å². The molecule has 2 aromatic rings. The van der Waals surface area contributed by atoms with E-state index < -0.39 is 5.97 Å². The molecular weight excluding hydrogens is 434 g/mol. The zero-order valence-electron chi connectivity index (χ0n) is 19.3. The van der Waals surface area contributed by atoms with Gasteiger partial charge in [-0.1, -0.05) is 42.5 Å². The van der Waals surface area contributed by atoms with E-state index in [0.29, 0.717) is 37.8 Å². The number of amides is 2. The lowest BCUT2D eigenvalue weighted by Gasteiger charge is -2.37. The molecule has 2 amide bonds. The van der Waals surface area contributed by atoms with Gasteiger partial charge in [-0.15, -0.1) is 0 Å². The highest BCUT2D eigenvalue weighted by Gasteiger charge is 2.35. The third kappa shape index (κ3) is 5.66. The summed E-state index contributed by atoms with van der Waals surface area (Å²) in [5.41, 5.74) is 1.36. The predicted molar refractivity (Wildman–Crippen MR) is 127 cm³/mol. The molecular formula is C25H29N5O4. The van der Waals surface area contributed by atoms with E-state index in [1.807, 2.05) is 42.5 Å². The van der Waals surface area contributed by atoms with Crippen LogP contribution in [-0.4, -0.2) is 82.9 Å². The number of ether oxygens (including phenoxy) is 1. The van der Waals surface area contributed by atoms with Crippen molar-refractivity contribution in [3.63, 3.8) is 0 Å². The van der Waals surface area contributed by atoms with Crippen molar-refractivity contribution in [3.8, 4) is 0 Å². The number of anilines is 1. The van der Waals surface area contributed by atoms with Crippen LogP contribution < -0.4 is 4.90 Å². The smallest absolute Gasteiger partial charge is 0.341 e. The van der Waals surface area contributed by atoms with E-state index in [0.717, 1.165) is 18.7 Å². The number of esters is 1. The highest BCUT2D eigenvalue weighted by atomic mass is 16.5. The number of aromatic nitrogens is 2. The summed E-state index contributed by atoms with van der Waals surface area (Å²) in [6.07, 6.45) is 7.46. The fourth-order valence-corrected chi connectivity index (χ4v) is 4.18. The van der Waals surface area contributed by atoms with Crippen LogP contribution in [0.4, 0.5) is 5.95 Å². The van der Waals surface area contributed by atoms with E-state index in [1.54, 1.807) is 6.92 Å². The number of imide groups is 1. The molecule has 1 aromatic heterocycles. The number of carbonyl (C=O) groups is 3.